The van der Waals surface area contributed by atoms with Gasteiger partial charge in [0.25, 0.3) is 0 Å². The van der Waals surface area contributed by atoms with Crippen molar-refractivity contribution in [3.63, 3.8) is 0 Å². The van der Waals surface area contributed by atoms with Gasteiger partial charge < -0.3 is 15.0 Å². The summed E-state index contributed by atoms with van der Waals surface area (Å²) >= 11 is 0. The standard InChI is InChI=1S/C17H34N2O2/c1-6-8-14(9-7-2)18-15-10-12-19(13-11-15)16(20)21-17(3,4)5/h14-15,18H,6-13H2,1-5H3. The van der Waals surface area contributed by atoms with Crippen molar-refractivity contribution in [2.24, 2.45) is 0 Å². The summed E-state index contributed by atoms with van der Waals surface area (Å²) in [7, 11) is 0. The minimum absolute atomic E-state index is 0.167. The van der Waals surface area contributed by atoms with E-state index in [2.05, 4.69) is 19.2 Å². The van der Waals surface area contributed by atoms with Gasteiger partial charge in [0.15, 0.2) is 0 Å². The van der Waals surface area contributed by atoms with Gasteiger partial charge in [-0.15, -0.1) is 0 Å². The Morgan fingerprint density at radius 3 is 2.14 bits per heavy atom. The molecule has 1 aliphatic rings. The van der Waals surface area contributed by atoms with E-state index in [1.165, 1.54) is 25.7 Å². The van der Waals surface area contributed by atoms with E-state index in [1.54, 1.807) is 0 Å². The molecule has 0 aromatic rings. The van der Waals surface area contributed by atoms with E-state index >= 15 is 0 Å². The number of rotatable bonds is 6. The van der Waals surface area contributed by atoms with Crippen molar-refractivity contribution in [3.8, 4) is 0 Å². The first-order valence-corrected chi connectivity index (χ1v) is 8.59. The molecule has 0 aromatic heterocycles. The summed E-state index contributed by atoms with van der Waals surface area (Å²) in [6.07, 6.45) is 6.86. The smallest absolute Gasteiger partial charge is 0.410 e. The number of carbonyl (C=O) groups is 1. The summed E-state index contributed by atoms with van der Waals surface area (Å²) in [6.45, 7) is 11.8. The van der Waals surface area contributed by atoms with Crippen LogP contribution in [0.3, 0.4) is 0 Å². The number of carbonyl (C=O) groups excluding carboxylic acids is 1. The average molecular weight is 298 g/mol. The van der Waals surface area contributed by atoms with Gasteiger partial charge in [-0.1, -0.05) is 26.7 Å². The zero-order valence-electron chi connectivity index (χ0n) is 14.6. The Labute approximate surface area is 130 Å². The summed E-state index contributed by atoms with van der Waals surface area (Å²) in [5, 5.41) is 3.79. The lowest BCUT2D eigenvalue weighted by molar-refractivity contribution is 0.0195. The molecule has 1 amide bonds. The fraction of sp³-hybridized carbons (Fsp3) is 0.941. The molecular formula is C17H34N2O2. The first-order valence-electron chi connectivity index (χ1n) is 8.59. The number of amides is 1. The predicted octanol–water partition coefficient (Wildman–Crippen LogP) is 3.94. The van der Waals surface area contributed by atoms with Crippen molar-refractivity contribution in [1.82, 2.24) is 10.2 Å². The number of nitrogens with zero attached hydrogens (tertiary/aromatic N) is 1. The zero-order valence-corrected chi connectivity index (χ0v) is 14.6. The third-order valence-corrected chi connectivity index (χ3v) is 3.89. The van der Waals surface area contributed by atoms with Gasteiger partial charge in [0.1, 0.15) is 5.60 Å². The maximum absolute atomic E-state index is 12.0. The molecule has 124 valence electrons. The van der Waals surface area contributed by atoms with Gasteiger partial charge in [-0.05, 0) is 46.5 Å². The summed E-state index contributed by atoms with van der Waals surface area (Å²) in [6, 6.07) is 1.19. The lowest BCUT2D eigenvalue weighted by Crippen LogP contribution is -2.48. The molecule has 0 spiro atoms. The molecule has 1 saturated heterocycles. The van der Waals surface area contributed by atoms with Crippen LogP contribution in [-0.2, 0) is 4.74 Å². The minimum atomic E-state index is -0.403. The number of likely N-dealkylation sites (tertiary alicyclic amines) is 1. The lowest BCUT2D eigenvalue weighted by atomic mass is 10.0. The molecule has 4 heteroatoms. The molecule has 1 fully saturated rings. The van der Waals surface area contributed by atoms with E-state index in [0.29, 0.717) is 12.1 Å². The molecule has 0 bridgehead atoms. The number of ether oxygens (including phenoxy) is 1. The van der Waals surface area contributed by atoms with Gasteiger partial charge in [0.2, 0.25) is 0 Å². The van der Waals surface area contributed by atoms with Crippen LogP contribution in [0.5, 0.6) is 0 Å². The van der Waals surface area contributed by atoms with E-state index in [-0.39, 0.29) is 6.09 Å². The highest BCUT2D eigenvalue weighted by Gasteiger charge is 2.27. The highest BCUT2D eigenvalue weighted by molar-refractivity contribution is 5.68. The van der Waals surface area contributed by atoms with E-state index in [0.717, 1.165) is 25.9 Å². The van der Waals surface area contributed by atoms with Crippen molar-refractivity contribution >= 4 is 6.09 Å². The molecule has 21 heavy (non-hydrogen) atoms. The van der Waals surface area contributed by atoms with Crippen LogP contribution in [-0.4, -0.2) is 41.8 Å². The molecule has 1 N–H and O–H groups in total. The van der Waals surface area contributed by atoms with Crippen molar-refractivity contribution in [1.29, 1.82) is 0 Å². The zero-order chi connectivity index (χ0) is 15.9. The number of hydrogen-bond donors (Lipinski definition) is 1. The molecule has 0 saturated carbocycles. The summed E-state index contributed by atoms with van der Waals surface area (Å²) < 4.78 is 5.44. The topological polar surface area (TPSA) is 41.6 Å². The molecule has 0 aliphatic carbocycles. The highest BCUT2D eigenvalue weighted by atomic mass is 16.6. The third kappa shape index (κ3) is 7.16. The molecular weight excluding hydrogens is 264 g/mol. The van der Waals surface area contributed by atoms with Crippen molar-refractivity contribution in [2.45, 2.75) is 90.8 Å². The first kappa shape index (κ1) is 18.3. The van der Waals surface area contributed by atoms with Crippen molar-refractivity contribution in [3.05, 3.63) is 0 Å². The van der Waals surface area contributed by atoms with Gasteiger partial charge in [-0.3, -0.25) is 0 Å². The molecule has 1 heterocycles. The number of nitrogens with one attached hydrogen (secondary N) is 1. The largest absolute Gasteiger partial charge is 0.444 e. The fourth-order valence-corrected chi connectivity index (χ4v) is 2.90. The van der Waals surface area contributed by atoms with Crippen LogP contribution in [0.25, 0.3) is 0 Å². The Kier molecular flexibility index (Phi) is 7.50. The fourth-order valence-electron chi connectivity index (χ4n) is 2.90. The quantitative estimate of drug-likeness (QED) is 0.807. The monoisotopic (exact) mass is 298 g/mol. The second-order valence-electron chi connectivity index (χ2n) is 7.18. The van der Waals surface area contributed by atoms with Crippen LogP contribution in [0.1, 0.15) is 73.1 Å². The van der Waals surface area contributed by atoms with Crippen LogP contribution in [0.15, 0.2) is 0 Å². The van der Waals surface area contributed by atoms with E-state index in [9.17, 15) is 4.79 Å². The van der Waals surface area contributed by atoms with Gasteiger partial charge in [0.05, 0.1) is 0 Å². The van der Waals surface area contributed by atoms with Crippen LogP contribution in [0, 0.1) is 0 Å². The van der Waals surface area contributed by atoms with E-state index in [1.807, 2.05) is 25.7 Å². The van der Waals surface area contributed by atoms with E-state index in [4.69, 9.17) is 4.74 Å². The number of piperidine rings is 1. The Bertz CT molecular complexity index is 298. The Balaban J connectivity index is 2.35. The molecule has 4 nitrogen and oxygen atoms in total. The van der Waals surface area contributed by atoms with Crippen LogP contribution >= 0.6 is 0 Å². The summed E-state index contributed by atoms with van der Waals surface area (Å²) in [5.41, 5.74) is -0.403. The highest BCUT2D eigenvalue weighted by Crippen LogP contribution is 2.17. The van der Waals surface area contributed by atoms with Gasteiger partial charge in [-0.25, -0.2) is 4.79 Å². The molecule has 1 aliphatic heterocycles. The summed E-state index contributed by atoms with van der Waals surface area (Å²) in [5.74, 6) is 0. The average Bonchev–Trinajstić information content (AvgIpc) is 2.38. The molecule has 0 radical (unpaired) electrons. The minimum Gasteiger partial charge on any atom is -0.444 e. The van der Waals surface area contributed by atoms with Crippen LogP contribution < -0.4 is 5.32 Å². The van der Waals surface area contributed by atoms with Gasteiger partial charge in [-0.2, -0.15) is 0 Å². The van der Waals surface area contributed by atoms with Crippen LogP contribution in [0.2, 0.25) is 0 Å². The van der Waals surface area contributed by atoms with Crippen molar-refractivity contribution < 1.29 is 9.53 Å². The molecule has 0 atom stereocenters. The molecule has 1 rings (SSSR count). The molecule has 0 unspecified atom stereocenters. The third-order valence-electron chi connectivity index (χ3n) is 3.89. The number of hydrogen-bond acceptors (Lipinski definition) is 3. The Hall–Kier alpha value is -0.770. The van der Waals surface area contributed by atoms with Gasteiger partial charge >= 0.3 is 6.09 Å². The second-order valence-corrected chi connectivity index (χ2v) is 7.18. The summed E-state index contributed by atoms with van der Waals surface area (Å²) in [4.78, 5) is 13.9. The Morgan fingerprint density at radius 2 is 1.71 bits per heavy atom. The van der Waals surface area contributed by atoms with Crippen LogP contribution in [0.4, 0.5) is 4.79 Å². The van der Waals surface area contributed by atoms with Crippen molar-refractivity contribution in [2.75, 3.05) is 13.1 Å². The lowest BCUT2D eigenvalue weighted by Gasteiger charge is -2.35. The molecule has 0 aromatic carbocycles. The van der Waals surface area contributed by atoms with Gasteiger partial charge in [0, 0.05) is 25.2 Å². The SMILES string of the molecule is CCCC(CCC)NC1CCN(C(=O)OC(C)(C)C)CC1. The normalized spacial score (nSPS) is 17.3. The Morgan fingerprint density at radius 1 is 1.19 bits per heavy atom. The van der Waals surface area contributed by atoms with E-state index < -0.39 is 5.60 Å². The predicted molar refractivity (Wildman–Crippen MR) is 87.6 cm³/mol. The first-order chi connectivity index (χ1) is 9.85. The maximum Gasteiger partial charge on any atom is 0.410 e. The maximum atomic E-state index is 12.0. The second kappa shape index (κ2) is 8.62.